The fraction of sp³-hybridized carbons (Fsp3) is 0.556. The maximum atomic E-state index is 12.9. The lowest BCUT2D eigenvalue weighted by molar-refractivity contribution is -0.131. The molecule has 1 amide bonds. The molecule has 2 aromatic rings. The van der Waals surface area contributed by atoms with Crippen molar-refractivity contribution in [3.63, 3.8) is 0 Å². The second-order valence-corrected chi connectivity index (χ2v) is 8.05. The molecule has 1 aromatic heterocycles. The smallest absolute Gasteiger partial charge is 0.329 e. The predicted octanol–water partition coefficient (Wildman–Crippen LogP) is 2.32. The normalized spacial score (nSPS) is 21.0. The van der Waals surface area contributed by atoms with Gasteiger partial charge in [-0.25, -0.2) is 4.79 Å². The zero-order valence-electron chi connectivity index (χ0n) is 13.8. The monoisotopic (exact) mass is 345 g/mol. The van der Waals surface area contributed by atoms with Crippen LogP contribution in [0.25, 0.3) is 11.0 Å². The van der Waals surface area contributed by atoms with Gasteiger partial charge in [0.25, 0.3) is 0 Å². The van der Waals surface area contributed by atoms with Crippen LogP contribution < -0.4 is 5.69 Å². The van der Waals surface area contributed by atoms with Gasteiger partial charge in [-0.2, -0.15) is 11.8 Å². The number of amides is 1. The van der Waals surface area contributed by atoms with E-state index in [2.05, 4.69) is 0 Å². The van der Waals surface area contributed by atoms with Gasteiger partial charge in [-0.05, 0) is 25.0 Å². The topological polar surface area (TPSA) is 47.2 Å². The van der Waals surface area contributed by atoms with E-state index in [0.29, 0.717) is 5.25 Å². The quantitative estimate of drug-likeness (QED) is 0.799. The van der Waals surface area contributed by atoms with Gasteiger partial charge in [0.1, 0.15) is 6.54 Å². The van der Waals surface area contributed by atoms with Gasteiger partial charge in [-0.15, -0.1) is 0 Å². The van der Waals surface area contributed by atoms with E-state index >= 15 is 0 Å². The van der Waals surface area contributed by atoms with Crippen LogP contribution in [-0.4, -0.2) is 44.0 Å². The minimum Gasteiger partial charge on any atom is -0.341 e. The molecule has 5 nitrogen and oxygen atoms in total. The Labute approximate surface area is 145 Å². The van der Waals surface area contributed by atoms with Crippen LogP contribution >= 0.6 is 11.8 Å². The zero-order valence-corrected chi connectivity index (χ0v) is 14.6. The summed E-state index contributed by atoms with van der Waals surface area (Å²) < 4.78 is 3.51. The summed E-state index contributed by atoms with van der Waals surface area (Å²) in [5, 5.41) is 0.545. The standard InChI is InChI=1S/C18H23N3O2S/c22-17(19-9-5-1-2-6-10-19)12-21-16-8-4-3-7-15(16)20(18(21)23)11-14-13-24-14/h3-4,7-8,14H,1-2,5-6,9-13H2/t14-/m1/s1. The Morgan fingerprint density at radius 2 is 1.67 bits per heavy atom. The molecule has 0 aliphatic carbocycles. The van der Waals surface area contributed by atoms with Crippen molar-refractivity contribution >= 4 is 28.7 Å². The van der Waals surface area contributed by atoms with Gasteiger partial charge in [0, 0.05) is 30.6 Å². The number of hydrogen-bond acceptors (Lipinski definition) is 3. The summed E-state index contributed by atoms with van der Waals surface area (Å²) in [4.78, 5) is 27.5. The van der Waals surface area contributed by atoms with Crippen LogP contribution in [0.3, 0.4) is 0 Å². The van der Waals surface area contributed by atoms with Crippen molar-refractivity contribution in [1.29, 1.82) is 0 Å². The third-order valence-electron chi connectivity index (χ3n) is 4.97. The molecule has 128 valence electrons. The Morgan fingerprint density at radius 3 is 2.29 bits per heavy atom. The molecule has 24 heavy (non-hydrogen) atoms. The van der Waals surface area contributed by atoms with Crippen LogP contribution in [0.4, 0.5) is 0 Å². The Balaban J connectivity index is 1.64. The number of rotatable bonds is 4. The third-order valence-corrected chi connectivity index (χ3v) is 5.92. The van der Waals surface area contributed by atoms with Crippen molar-refractivity contribution in [3.05, 3.63) is 34.7 Å². The average molecular weight is 345 g/mol. The molecule has 0 spiro atoms. The average Bonchev–Trinajstić information content (AvgIpc) is 3.40. The maximum Gasteiger partial charge on any atom is 0.329 e. The molecule has 2 fully saturated rings. The van der Waals surface area contributed by atoms with Crippen molar-refractivity contribution in [2.45, 2.75) is 44.0 Å². The molecule has 1 atom stereocenters. The van der Waals surface area contributed by atoms with E-state index < -0.39 is 0 Å². The Morgan fingerprint density at radius 1 is 1.04 bits per heavy atom. The van der Waals surface area contributed by atoms with Gasteiger partial charge in [0.05, 0.1) is 11.0 Å². The van der Waals surface area contributed by atoms with E-state index in [1.54, 1.807) is 4.57 Å². The van der Waals surface area contributed by atoms with Crippen molar-refractivity contribution in [3.8, 4) is 0 Å². The Hall–Kier alpha value is -1.69. The number of para-hydroxylation sites is 2. The number of aromatic nitrogens is 2. The number of carbonyl (C=O) groups is 1. The van der Waals surface area contributed by atoms with Crippen molar-refractivity contribution in [1.82, 2.24) is 14.0 Å². The van der Waals surface area contributed by atoms with Gasteiger partial charge < -0.3 is 4.90 Å². The molecule has 6 heteroatoms. The molecule has 1 aromatic carbocycles. The summed E-state index contributed by atoms with van der Waals surface area (Å²) in [6, 6.07) is 7.82. The van der Waals surface area contributed by atoms with Gasteiger partial charge in [0.2, 0.25) is 5.91 Å². The van der Waals surface area contributed by atoms with E-state index in [1.165, 1.54) is 12.8 Å². The summed E-state index contributed by atoms with van der Waals surface area (Å²) in [6.45, 7) is 2.55. The minimum atomic E-state index is -0.0492. The van der Waals surface area contributed by atoms with Crippen molar-refractivity contribution < 1.29 is 4.79 Å². The highest BCUT2D eigenvalue weighted by Crippen LogP contribution is 2.32. The van der Waals surface area contributed by atoms with Crippen LogP contribution in [0.2, 0.25) is 0 Å². The molecule has 0 saturated carbocycles. The molecule has 2 saturated heterocycles. The second-order valence-electron chi connectivity index (χ2n) is 6.72. The number of imidazole rings is 1. The summed E-state index contributed by atoms with van der Waals surface area (Å²) >= 11 is 1.88. The van der Waals surface area contributed by atoms with E-state index in [0.717, 1.165) is 49.3 Å². The Kier molecular flexibility index (Phi) is 4.39. The SMILES string of the molecule is O=C(Cn1c(=O)n(C[C@@H]2CS2)c2ccccc21)N1CCCCCC1. The number of nitrogens with zero attached hydrogens (tertiary/aromatic N) is 3. The lowest BCUT2D eigenvalue weighted by Gasteiger charge is -2.20. The fourth-order valence-electron chi connectivity index (χ4n) is 3.53. The number of fused-ring (bicyclic) bond motifs is 1. The Bertz CT molecular complexity index is 798. The lowest BCUT2D eigenvalue weighted by Crippen LogP contribution is -2.37. The van der Waals surface area contributed by atoms with Crippen molar-refractivity contribution in [2.24, 2.45) is 0 Å². The van der Waals surface area contributed by atoms with Crippen LogP contribution in [0, 0.1) is 0 Å². The second kappa shape index (κ2) is 6.67. The molecule has 0 unspecified atom stereocenters. The van der Waals surface area contributed by atoms with Crippen LogP contribution in [-0.2, 0) is 17.9 Å². The highest BCUT2D eigenvalue weighted by Gasteiger charge is 2.26. The lowest BCUT2D eigenvalue weighted by atomic mass is 10.2. The zero-order chi connectivity index (χ0) is 16.5. The van der Waals surface area contributed by atoms with E-state index in [-0.39, 0.29) is 18.1 Å². The van der Waals surface area contributed by atoms with Crippen LogP contribution in [0.1, 0.15) is 25.7 Å². The fourth-order valence-corrected chi connectivity index (χ4v) is 4.03. The highest BCUT2D eigenvalue weighted by molar-refractivity contribution is 8.06. The summed E-state index contributed by atoms with van der Waals surface area (Å²) in [5.74, 6) is 1.20. The molecule has 0 N–H and O–H groups in total. The van der Waals surface area contributed by atoms with Gasteiger partial charge in [0.15, 0.2) is 0 Å². The first-order valence-electron chi connectivity index (χ1n) is 8.81. The number of hydrogen-bond donors (Lipinski definition) is 0. The summed E-state index contributed by atoms with van der Waals surface area (Å²) in [7, 11) is 0. The van der Waals surface area contributed by atoms with Gasteiger partial charge >= 0.3 is 5.69 Å². The predicted molar refractivity (Wildman–Crippen MR) is 97.5 cm³/mol. The number of thioether (sulfide) groups is 1. The molecule has 0 radical (unpaired) electrons. The minimum absolute atomic E-state index is 0.0492. The van der Waals surface area contributed by atoms with Gasteiger partial charge in [-0.3, -0.25) is 13.9 Å². The molecule has 4 rings (SSSR count). The van der Waals surface area contributed by atoms with E-state index in [1.807, 2.05) is 45.5 Å². The summed E-state index contributed by atoms with van der Waals surface area (Å²) in [6.07, 6.45) is 4.53. The first kappa shape index (κ1) is 15.8. The molecule has 3 heterocycles. The largest absolute Gasteiger partial charge is 0.341 e. The molecule has 0 bridgehead atoms. The number of benzene rings is 1. The molecule has 2 aliphatic heterocycles. The highest BCUT2D eigenvalue weighted by atomic mass is 32.2. The van der Waals surface area contributed by atoms with E-state index in [4.69, 9.17) is 0 Å². The van der Waals surface area contributed by atoms with Gasteiger partial charge in [-0.1, -0.05) is 25.0 Å². The maximum absolute atomic E-state index is 12.9. The number of carbonyl (C=O) groups excluding carboxylic acids is 1. The molecular formula is C18H23N3O2S. The number of likely N-dealkylation sites (tertiary alicyclic amines) is 1. The molecule has 2 aliphatic rings. The molecular weight excluding hydrogens is 322 g/mol. The van der Waals surface area contributed by atoms with Crippen LogP contribution in [0.5, 0.6) is 0 Å². The third kappa shape index (κ3) is 3.11. The van der Waals surface area contributed by atoms with Crippen LogP contribution in [0.15, 0.2) is 29.1 Å². The first-order chi connectivity index (χ1) is 11.7. The summed E-state index contributed by atoms with van der Waals surface area (Å²) in [5.41, 5.74) is 1.77. The first-order valence-corrected chi connectivity index (χ1v) is 9.86. The van der Waals surface area contributed by atoms with Crippen molar-refractivity contribution in [2.75, 3.05) is 18.8 Å². The van der Waals surface area contributed by atoms with E-state index in [9.17, 15) is 9.59 Å².